The highest BCUT2D eigenvalue weighted by molar-refractivity contribution is 5.50. The first kappa shape index (κ1) is 12.7. The van der Waals surface area contributed by atoms with E-state index in [9.17, 15) is 8.78 Å². The van der Waals surface area contributed by atoms with Crippen LogP contribution in [0.5, 0.6) is 11.5 Å². The van der Waals surface area contributed by atoms with Gasteiger partial charge in [-0.15, -0.1) is 0 Å². The number of alkyl halides is 2. The van der Waals surface area contributed by atoms with Crippen molar-refractivity contribution in [3.63, 3.8) is 0 Å². The van der Waals surface area contributed by atoms with Gasteiger partial charge in [0.2, 0.25) is 0 Å². The smallest absolute Gasteiger partial charge is 0.270 e. The van der Waals surface area contributed by atoms with E-state index in [4.69, 9.17) is 9.47 Å². The molecule has 0 aliphatic carbocycles. The van der Waals surface area contributed by atoms with Gasteiger partial charge in [-0.25, -0.2) is 8.78 Å². The van der Waals surface area contributed by atoms with Crippen molar-refractivity contribution in [2.24, 2.45) is 0 Å². The summed E-state index contributed by atoms with van der Waals surface area (Å²) in [5.41, 5.74) is 0.672. The van der Waals surface area contributed by atoms with Gasteiger partial charge in [0.05, 0.1) is 0 Å². The molecule has 104 valence electrons. The van der Waals surface area contributed by atoms with Gasteiger partial charge < -0.3 is 14.8 Å². The van der Waals surface area contributed by atoms with Crippen LogP contribution in [0, 0.1) is 0 Å². The zero-order chi connectivity index (χ0) is 13.5. The van der Waals surface area contributed by atoms with Crippen LogP contribution in [0.1, 0.15) is 36.9 Å². The van der Waals surface area contributed by atoms with Crippen molar-refractivity contribution in [2.45, 2.75) is 31.7 Å². The minimum absolute atomic E-state index is 0.0170. The molecule has 1 unspecified atom stereocenters. The largest absolute Gasteiger partial charge is 0.486 e. The predicted octanol–water partition coefficient (Wildman–Crippen LogP) is 2.99. The molecule has 1 N–H and O–H groups in total. The quantitative estimate of drug-likeness (QED) is 0.895. The highest BCUT2D eigenvalue weighted by atomic mass is 19.3. The van der Waals surface area contributed by atoms with E-state index in [0.29, 0.717) is 30.3 Å². The van der Waals surface area contributed by atoms with Gasteiger partial charge in [0, 0.05) is 18.5 Å². The molecule has 19 heavy (non-hydrogen) atoms. The Bertz CT molecular complexity index is 479. The van der Waals surface area contributed by atoms with Crippen molar-refractivity contribution in [2.75, 3.05) is 19.8 Å². The van der Waals surface area contributed by atoms with Gasteiger partial charge in [-0.05, 0) is 37.1 Å². The first-order valence-electron chi connectivity index (χ1n) is 6.61. The molecular formula is C14H17F2NO2. The fraction of sp³-hybridized carbons (Fsp3) is 0.571. The van der Waals surface area contributed by atoms with Crippen LogP contribution in [0.4, 0.5) is 8.78 Å². The van der Waals surface area contributed by atoms with E-state index in [1.165, 1.54) is 6.07 Å². The van der Waals surface area contributed by atoms with Gasteiger partial charge in [-0.3, -0.25) is 0 Å². The summed E-state index contributed by atoms with van der Waals surface area (Å²) in [4.78, 5) is 0. The Morgan fingerprint density at radius 1 is 1.21 bits per heavy atom. The lowest BCUT2D eigenvalue weighted by atomic mass is 9.94. The van der Waals surface area contributed by atoms with Crippen LogP contribution in [0.2, 0.25) is 0 Å². The maximum atomic E-state index is 13.8. The zero-order valence-electron chi connectivity index (χ0n) is 10.8. The van der Waals surface area contributed by atoms with Crippen LogP contribution in [0.15, 0.2) is 12.1 Å². The number of ether oxygens (including phenoxy) is 2. The van der Waals surface area contributed by atoms with Crippen LogP contribution < -0.4 is 14.8 Å². The summed E-state index contributed by atoms with van der Waals surface area (Å²) in [6.45, 7) is 2.67. The fourth-order valence-corrected chi connectivity index (χ4v) is 2.72. The van der Waals surface area contributed by atoms with Crippen LogP contribution in [0.25, 0.3) is 0 Å². The molecule has 2 aliphatic heterocycles. The number of halogens is 2. The standard InChI is InChI=1S/C14H17F2NO2/c1-14(15,16)10-8-13-12(18-5-6-19-13)7-9(10)11-3-2-4-17-11/h7-8,11,17H,2-6H2,1H3. The van der Waals surface area contributed by atoms with Gasteiger partial charge in [-0.1, -0.05) is 0 Å². The fourth-order valence-electron chi connectivity index (χ4n) is 2.72. The van der Waals surface area contributed by atoms with Crippen molar-refractivity contribution in [1.29, 1.82) is 0 Å². The Hall–Kier alpha value is -1.36. The van der Waals surface area contributed by atoms with E-state index >= 15 is 0 Å². The summed E-state index contributed by atoms with van der Waals surface area (Å²) in [6, 6.07) is 3.13. The summed E-state index contributed by atoms with van der Waals surface area (Å²) >= 11 is 0. The molecule has 0 amide bonds. The summed E-state index contributed by atoms with van der Waals surface area (Å²) in [5, 5.41) is 3.26. The molecule has 0 radical (unpaired) electrons. The first-order valence-corrected chi connectivity index (χ1v) is 6.61. The summed E-state index contributed by atoms with van der Waals surface area (Å²) in [7, 11) is 0. The van der Waals surface area contributed by atoms with Gasteiger partial charge in [0.1, 0.15) is 13.2 Å². The van der Waals surface area contributed by atoms with E-state index in [-0.39, 0.29) is 11.6 Å². The van der Waals surface area contributed by atoms with Crippen molar-refractivity contribution < 1.29 is 18.3 Å². The van der Waals surface area contributed by atoms with E-state index < -0.39 is 5.92 Å². The van der Waals surface area contributed by atoms with Gasteiger partial charge in [0.15, 0.2) is 11.5 Å². The van der Waals surface area contributed by atoms with Gasteiger partial charge in [0.25, 0.3) is 5.92 Å². The number of rotatable bonds is 2. The molecule has 0 saturated carbocycles. The van der Waals surface area contributed by atoms with Crippen LogP contribution in [-0.2, 0) is 5.92 Å². The Labute approximate surface area is 110 Å². The Morgan fingerprint density at radius 3 is 2.47 bits per heavy atom. The third-order valence-electron chi connectivity index (χ3n) is 3.62. The lowest BCUT2D eigenvalue weighted by Gasteiger charge is -2.25. The van der Waals surface area contributed by atoms with Gasteiger partial charge >= 0.3 is 0 Å². The average Bonchev–Trinajstić information content (AvgIpc) is 2.90. The maximum absolute atomic E-state index is 13.8. The molecule has 1 atom stereocenters. The third-order valence-corrected chi connectivity index (χ3v) is 3.62. The van der Waals surface area contributed by atoms with Crippen LogP contribution in [0.3, 0.4) is 0 Å². The summed E-state index contributed by atoms with van der Waals surface area (Å²) < 4.78 is 38.5. The van der Waals surface area contributed by atoms with E-state index in [1.807, 2.05) is 0 Å². The Balaban J connectivity index is 2.08. The normalized spacial score (nSPS) is 22.6. The predicted molar refractivity (Wildman–Crippen MR) is 67.0 cm³/mol. The molecule has 1 aromatic carbocycles. The average molecular weight is 269 g/mol. The highest BCUT2D eigenvalue weighted by Crippen LogP contribution is 2.42. The molecule has 3 nitrogen and oxygen atoms in total. The van der Waals surface area contributed by atoms with Crippen molar-refractivity contribution in [3.05, 3.63) is 23.3 Å². The number of hydrogen-bond acceptors (Lipinski definition) is 3. The third kappa shape index (κ3) is 2.39. The minimum Gasteiger partial charge on any atom is -0.486 e. The molecule has 2 aliphatic rings. The molecule has 5 heteroatoms. The van der Waals surface area contributed by atoms with Crippen molar-refractivity contribution in [3.8, 4) is 11.5 Å². The number of nitrogens with one attached hydrogen (secondary N) is 1. The number of benzene rings is 1. The Morgan fingerprint density at radius 2 is 1.89 bits per heavy atom. The van der Waals surface area contributed by atoms with Gasteiger partial charge in [-0.2, -0.15) is 0 Å². The maximum Gasteiger partial charge on any atom is 0.270 e. The van der Waals surface area contributed by atoms with E-state index in [2.05, 4.69) is 5.32 Å². The molecule has 1 fully saturated rings. The first-order chi connectivity index (χ1) is 9.05. The Kier molecular flexibility index (Phi) is 3.09. The lowest BCUT2D eigenvalue weighted by Crippen LogP contribution is -2.22. The molecule has 1 saturated heterocycles. The van der Waals surface area contributed by atoms with Crippen LogP contribution >= 0.6 is 0 Å². The molecule has 0 spiro atoms. The van der Waals surface area contributed by atoms with E-state index in [0.717, 1.165) is 26.3 Å². The second-order valence-electron chi connectivity index (χ2n) is 5.12. The van der Waals surface area contributed by atoms with Crippen LogP contribution in [-0.4, -0.2) is 19.8 Å². The molecule has 0 bridgehead atoms. The zero-order valence-corrected chi connectivity index (χ0v) is 10.8. The van der Waals surface area contributed by atoms with Crippen molar-refractivity contribution >= 4 is 0 Å². The van der Waals surface area contributed by atoms with E-state index in [1.54, 1.807) is 6.07 Å². The summed E-state index contributed by atoms with van der Waals surface area (Å²) in [5.74, 6) is -1.89. The summed E-state index contributed by atoms with van der Waals surface area (Å²) in [6.07, 6.45) is 1.89. The number of hydrogen-bond donors (Lipinski definition) is 1. The molecule has 1 aromatic rings. The molecular weight excluding hydrogens is 252 g/mol. The molecule has 0 aromatic heterocycles. The minimum atomic E-state index is -2.88. The topological polar surface area (TPSA) is 30.5 Å². The molecule has 3 rings (SSSR count). The number of fused-ring (bicyclic) bond motifs is 1. The monoisotopic (exact) mass is 269 g/mol. The highest BCUT2D eigenvalue weighted by Gasteiger charge is 2.33. The second-order valence-corrected chi connectivity index (χ2v) is 5.12. The second kappa shape index (κ2) is 4.63. The SMILES string of the molecule is CC(F)(F)c1cc2c(cc1C1CCCN1)OCCO2. The van der Waals surface area contributed by atoms with Crippen molar-refractivity contribution in [1.82, 2.24) is 5.32 Å². The lowest BCUT2D eigenvalue weighted by molar-refractivity contribution is 0.0155. The molecule has 2 heterocycles.